The number of benzene rings is 2. The van der Waals surface area contributed by atoms with Gasteiger partial charge in [-0.25, -0.2) is 5.43 Å². The number of nitrogens with one attached hydrogen (secondary N) is 3. The minimum Gasteiger partial charge on any atom is -0.493 e. The van der Waals surface area contributed by atoms with Crippen molar-refractivity contribution in [3.05, 3.63) is 52.5 Å². The van der Waals surface area contributed by atoms with Gasteiger partial charge in [-0.2, -0.15) is 5.10 Å². The van der Waals surface area contributed by atoms with Gasteiger partial charge in [0.15, 0.2) is 18.1 Å². The molecule has 2 rings (SSSR count). The Balaban J connectivity index is 1.92. The third-order valence-electron chi connectivity index (χ3n) is 3.60. The molecule has 0 aliphatic heterocycles. The van der Waals surface area contributed by atoms with E-state index in [0.717, 1.165) is 4.47 Å². The second kappa shape index (κ2) is 11.6. The molecular formula is C20H21BrN4O5. The summed E-state index contributed by atoms with van der Waals surface area (Å²) in [6, 6.07) is 12.0. The maximum atomic E-state index is 12.1. The quantitative estimate of drug-likeness (QED) is 0.306. The molecule has 0 aliphatic carbocycles. The highest BCUT2D eigenvalue weighted by atomic mass is 79.9. The molecule has 9 nitrogen and oxygen atoms in total. The number of amides is 3. The number of nitrogens with zero attached hydrogens (tertiary/aromatic N) is 1. The molecule has 0 heterocycles. The smallest absolute Gasteiger partial charge is 0.329 e. The van der Waals surface area contributed by atoms with E-state index in [9.17, 15) is 14.4 Å². The number of halogens is 1. The Morgan fingerprint density at radius 3 is 2.47 bits per heavy atom. The average Bonchev–Trinajstić information content (AvgIpc) is 2.74. The molecule has 30 heavy (non-hydrogen) atoms. The van der Waals surface area contributed by atoms with Crippen LogP contribution in [0.2, 0.25) is 0 Å². The van der Waals surface area contributed by atoms with E-state index in [1.165, 1.54) is 13.3 Å². The van der Waals surface area contributed by atoms with Crippen LogP contribution < -0.4 is 25.5 Å². The Morgan fingerprint density at radius 2 is 1.80 bits per heavy atom. The van der Waals surface area contributed by atoms with E-state index in [-0.39, 0.29) is 12.5 Å². The van der Waals surface area contributed by atoms with Crippen molar-refractivity contribution in [1.29, 1.82) is 0 Å². The Labute approximate surface area is 182 Å². The van der Waals surface area contributed by atoms with Gasteiger partial charge in [-0.15, -0.1) is 0 Å². The zero-order chi connectivity index (χ0) is 21.9. The highest BCUT2D eigenvalue weighted by molar-refractivity contribution is 9.10. The van der Waals surface area contributed by atoms with Crippen molar-refractivity contribution in [3.8, 4) is 11.5 Å². The lowest BCUT2D eigenvalue weighted by atomic mass is 10.2. The lowest BCUT2D eigenvalue weighted by molar-refractivity contribution is -0.139. The van der Waals surface area contributed by atoms with Crippen LogP contribution in [-0.2, 0) is 14.4 Å². The van der Waals surface area contributed by atoms with E-state index in [4.69, 9.17) is 9.47 Å². The molecule has 0 saturated carbocycles. The van der Waals surface area contributed by atoms with Crippen molar-refractivity contribution in [2.45, 2.75) is 6.92 Å². The van der Waals surface area contributed by atoms with Crippen LogP contribution in [0.25, 0.3) is 0 Å². The number of carbonyl (C=O) groups excluding carboxylic acids is 3. The Hall–Kier alpha value is -3.40. The van der Waals surface area contributed by atoms with Gasteiger partial charge in [0.1, 0.15) is 0 Å². The number of hydrogen-bond donors (Lipinski definition) is 3. The summed E-state index contributed by atoms with van der Waals surface area (Å²) in [6.45, 7) is 1.84. The number of methoxy groups -OCH3 is 1. The van der Waals surface area contributed by atoms with E-state index < -0.39 is 11.8 Å². The van der Waals surface area contributed by atoms with Gasteiger partial charge in [0.25, 0.3) is 5.91 Å². The van der Waals surface area contributed by atoms with Crippen molar-refractivity contribution in [2.24, 2.45) is 5.10 Å². The molecular weight excluding hydrogens is 456 g/mol. The van der Waals surface area contributed by atoms with E-state index in [2.05, 4.69) is 37.1 Å². The predicted octanol–water partition coefficient (Wildman–Crippen LogP) is 2.06. The van der Waals surface area contributed by atoms with Crippen molar-refractivity contribution >= 4 is 45.6 Å². The first-order valence-corrected chi connectivity index (χ1v) is 9.69. The van der Waals surface area contributed by atoms with Crippen molar-refractivity contribution in [2.75, 3.05) is 25.6 Å². The van der Waals surface area contributed by atoms with Crippen LogP contribution in [-0.4, -0.2) is 44.2 Å². The van der Waals surface area contributed by atoms with Gasteiger partial charge >= 0.3 is 11.8 Å². The molecule has 2 aromatic rings. The van der Waals surface area contributed by atoms with E-state index in [1.54, 1.807) is 37.3 Å². The molecule has 0 radical (unpaired) electrons. The average molecular weight is 477 g/mol. The van der Waals surface area contributed by atoms with Gasteiger partial charge in [-0.3, -0.25) is 14.4 Å². The van der Waals surface area contributed by atoms with Gasteiger partial charge in [-0.1, -0.05) is 15.9 Å². The summed E-state index contributed by atoms with van der Waals surface area (Å²) in [7, 11) is 1.46. The molecule has 0 fully saturated rings. The maximum Gasteiger partial charge on any atom is 0.329 e. The molecule has 0 aliphatic rings. The monoisotopic (exact) mass is 476 g/mol. The summed E-state index contributed by atoms with van der Waals surface area (Å²) >= 11 is 3.33. The largest absolute Gasteiger partial charge is 0.493 e. The fraction of sp³-hybridized carbons (Fsp3) is 0.200. The number of anilines is 1. The van der Waals surface area contributed by atoms with Gasteiger partial charge < -0.3 is 20.1 Å². The summed E-state index contributed by atoms with van der Waals surface area (Å²) in [6.07, 6.45) is 1.35. The molecule has 10 heteroatoms. The van der Waals surface area contributed by atoms with Crippen molar-refractivity contribution < 1.29 is 23.9 Å². The second-order valence-corrected chi connectivity index (χ2v) is 6.73. The Morgan fingerprint density at radius 1 is 1.07 bits per heavy atom. The summed E-state index contributed by atoms with van der Waals surface area (Å²) < 4.78 is 11.7. The highest BCUT2D eigenvalue weighted by Gasteiger charge is 2.11. The van der Waals surface area contributed by atoms with Gasteiger partial charge in [0, 0.05) is 16.7 Å². The number of rotatable bonds is 8. The first kappa shape index (κ1) is 22.9. The Kier molecular flexibility index (Phi) is 8.82. The molecule has 0 unspecified atom stereocenters. The fourth-order valence-electron chi connectivity index (χ4n) is 2.21. The minimum atomic E-state index is -0.864. The minimum absolute atomic E-state index is 0.206. The van der Waals surface area contributed by atoms with E-state index >= 15 is 0 Å². The number of hydrogen-bond acceptors (Lipinski definition) is 6. The number of likely N-dealkylation sites (N-methyl/N-ethyl adjacent to an activating group) is 1. The number of hydrazone groups is 1. The summed E-state index contributed by atoms with van der Waals surface area (Å²) in [5, 5.41) is 8.82. The molecule has 0 spiro atoms. The molecule has 2 aromatic carbocycles. The predicted molar refractivity (Wildman–Crippen MR) is 116 cm³/mol. The molecule has 0 saturated heterocycles. The first-order valence-electron chi connectivity index (χ1n) is 8.90. The van der Waals surface area contributed by atoms with Gasteiger partial charge in [0.2, 0.25) is 0 Å². The first-order chi connectivity index (χ1) is 14.4. The van der Waals surface area contributed by atoms with Crippen LogP contribution in [0, 0.1) is 0 Å². The zero-order valence-electron chi connectivity index (χ0n) is 16.4. The molecule has 0 aromatic heterocycles. The summed E-state index contributed by atoms with van der Waals surface area (Å²) in [5.41, 5.74) is 3.37. The van der Waals surface area contributed by atoms with Crippen LogP contribution >= 0.6 is 15.9 Å². The van der Waals surface area contributed by atoms with Crippen molar-refractivity contribution in [3.63, 3.8) is 0 Å². The molecule has 0 bridgehead atoms. The normalized spacial score (nSPS) is 10.4. The van der Waals surface area contributed by atoms with Crippen LogP contribution in [0.3, 0.4) is 0 Å². The SMILES string of the molecule is CCNC(=O)C(=O)N/N=C\c1ccc(OCC(=O)Nc2ccc(Br)cc2)c(OC)c1. The second-order valence-electron chi connectivity index (χ2n) is 5.81. The number of carbonyl (C=O) groups is 3. The molecule has 0 atom stereocenters. The van der Waals surface area contributed by atoms with Crippen LogP contribution in [0.5, 0.6) is 11.5 Å². The van der Waals surface area contributed by atoms with Crippen LogP contribution in [0.1, 0.15) is 12.5 Å². The lowest BCUT2D eigenvalue weighted by Crippen LogP contribution is -2.37. The highest BCUT2D eigenvalue weighted by Crippen LogP contribution is 2.27. The van der Waals surface area contributed by atoms with Gasteiger partial charge in [-0.05, 0) is 55.0 Å². The zero-order valence-corrected chi connectivity index (χ0v) is 18.0. The third-order valence-corrected chi connectivity index (χ3v) is 4.13. The molecule has 3 amide bonds. The van der Waals surface area contributed by atoms with Crippen molar-refractivity contribution in [1.82, 2.24) is 10.7 Å². The standard InChI is InChI=1S/C20H21BrN4O5/c1-3-22-19(27)20(28)25-23-11-13-4-9-16(17(10-13)29-2)30-12-18(26)24-15-7-5-14(21)6-8-15/h4-11H,3,12H2,1-2H3,(H,22,27)(H,24,26)(H,25,28)/b23-11-. The van der Waals surface area contributed by atoms with Gasteiger partial charge in [0.05, 0.1) is 13.3 Å². The third kappa shape index (κ3) is 7.21. The van der Waals surface area contributed by atoms with Crippen LogP contribution in [0.4, 0.5) is 5.69 Å². The van der Waals surface area contributed by atoms with E-state index in [0.29, 0.717) is 29.3 Å². The van der Waals surface area contributed by atoms with Crippen LogP contribution in [0.15, 0.2) is 52.0 Å². The Bertz CT molecular complexity index is 931. The summed E-state index contributed by atoms with van der Waals surface area (Å²) in [4.78, 5) is 34.9. The lowest BCUT2D eigenvalue weighted by Gasteiger charge is -2.11. The molecule has 158 valence electrons. The number of ether oxygens (including phenoxy) is 2. The fourth-order valence-corrected chi connectivity index (χ4v) is 2.48. The molecule has 3 N–H and O–H groups in total. The summed E-state index contributed by atoms with van der Waals surface area (Å²) in [5.74, 6) is -1.20. The maximum absolute atomic E-state index is 12.1. The van der Waals surface area contributed by atoms with E-state index in [1.807, 2.05) is 12.1 Å². The topological polar surface area (TPSA) is 118 Å².